The quantitative estimate of drug-likeness (QED) is 0.491. The van der Waals surface area contributed by atoms with E-state index in [1.807, 2.05) is 0 Å². The highest BCUT2D eigenvalue weighted by Crippen LogP contribution is 2.22. The first kappa shape index (κ1) is 18.8. The van der Waals surface area contributed by atoms with E-state index in [0.29, 0.717) is 16.4 Å². The molecule has 10 heteroatoms. The topological polar surface area (TPSA) is 92.2 Å². The third kappa shape index (κ3) is 4.16. The molecule has 0 saturated carbocycles. The summed E-state index contributed by atoms with van der Waals surface area (Å²) in [5.74, 6) is -1.18. The molecule has 29 heavy (non-hydrogen) atoms. The fourth-order valence-electron chi connectivity index (χ4n) is 2.59. The molecule has 146 valence electrons. The zero-order valence-electron chi connectivity index (χ0n) is 14.7. The summed E-state index contributed by atoms with van der Waals surface area (Å²) >= 11 is 1.04. The minimum Gasteiger partial charge on any atom is -0.323 e. The number of hydrogen-bond donors (Lipinski definition) is 2. The predicted molar refractivity (Wildman–Crippen MR) is 105 cm³/mol. The number of aromatic amines is 1. The number of carbonyl (C=O) groups is 1. The summed E-state index contributed by atoms with van der Waals surface area (Å²) in [5, 5.41) is 5.35. The number of nitrogens with zero attached hydrogens (tertiary/aromatic N) is 3. The van der Waals surface area contributed by atoms with Crippen molar-refractivity contribution in [2.45, 2.75) is 5.16 Å². The van der Waals surface area contributed by atoms with Crippen LogP contribution in [0.1, 0.15) is 0 Å². The summed E-state index contributed by atoms with van der Waals surface area (Å²) in [4.78, 5) is 32.6. The summed E-state index contributed by atoms with van der Waals surface area (Å²) in [5.41, 5.74) is 0.557. The summed E-state index contributed by atoms with van der Waals surface area (Å²) in [6, 6.07) is 12.7. The smallest absolute Gasteiger partial charge is 0.266 e. The lowest BCUT2D eigenvalue weighted by atomic mass is 10.2. The van der Waals surface area contributed by atoms with E-state index in [1.54, 1.807) is 6.07 Å². The lowest BCUT2D eigenvalue weighted by Gasteiger charge is -2.08. The second-order valence-electron chi connectivity index (χ2n) is 5.97. The molecule has 0 atom stereocenters. The van der Waals surface area contributed by atoms with Crippen LogP contribution >= 0.6 is 11.8 Å². The molecule has 2 aromatic heterocycles. The van der Waals surface area contributed by atoms with Crippen LogP contribution in [0, 0.1) is 11.6 Å². The van der Waals surface area contributed by atoms with Crippen molar-refractivity contribution in [3.8, 4) is 11.4 Å². The highest BCUT2D eigenvalue weighted by atomic mass is 32.2. The molecule has 2 heterocycles. The van der Waals surface area contributed by atoms with Crippen LogP contribution in [-0.2, 0) is 4.79 Å². The fourth-order valence-corrected chi connectivity index (χ4v) is 3.34. The largest absolute Gasteiger partial charge is 0.323 e. The Kier molecular flexibility index (Phi) is 5.09. The first-order valence-corrected chi connectivity index (χ1v) is 9.41. The van der Waals surface area contributed by atoms with Gasteiger partial charge in [-0.3, -0.25) is 14.7 Å². The molecule has 2 aromatic carbocycles. The summed E-state index contributed by atoms with van der Waals surface area (Å²) in [7, 11) is 0. The normalized spacial score (nSPS) is 11.0. The van der Waals surface area contributed by atoms with Gasteiger partial charge < -0.3 is 5.32 Å². The molecule has 7 nitrogen and oxygen atoms in total. The van der Waals surface area contributed by atoms with E-state index in [-0.39, 0.29) is 22.8 Å². The first-order chi connectivity index (χ1) is 14.0. The molecule has 0 aliphatic heterocycles. The lowest BCUT2D eigenvalue weighted by molar-refractivity contribution is -0.113. The monoisotopic (exact) mass is 413 g/mol. The van der Waals surface area contributed by atoms with Gasteiger partial charge in [-0.15, -0.1) is 0 Å². The van der Waals surface area contributed by atoms with Gasteiger partial charge in [0, 0.05) is 11.6 Å². The van der Waals surface area contributed by atoms with Crippen LogP contribution < -0.4 is 10.9 Å². The molecule has 0 radical (unpaired) electrons. The average molecular weight is 413 g/mol. The van der Waals surface area contributed by atoms with Gasteiger partial charge in [0.05, 0.1) is 11.4 Å². The van der Waals surface area contributed by atoms with Crippen molar-refractivity contribution in [1.82, 2.24) is 19.6 Å². The van der Waals surface area contributed by atoms with Crippen molar-refractivity contribution >= 4 is 29.0 Å². The number of rotatable bonds is 5. The van der Waals surface area contributed by atoms with E-state index in [9.17, 15) is 18.4 Å². The van der Waals surface area contributed by atoms with Gasteiger partial charge in [0.15, 0.2) is 16.6 Å². The number of carbonyl (C=O) groups excluding carboxylic acids is 1. The second-order valence-corrected chi connectivity index (χ2v) is 6.91. The number of hydrogen-bond acceptors (Lipinski definition) is 5. The van der Waals surface area contributed by atoms with Gasteiger partial charge in [-0.2, -0.15) is 0 Å². The number of fused-ring (bicyclic) bond motifs is 1. The maximum atomic E-state index is 13.7. The molecule has 4 aromatic rings. The maximum absolute atomic E-state index is 13.7. The zero-order valence-corrected chi connectivity index (χ0v) is 15.5. The Bertz CT molecular complexity index is 1250. The van der Waals surface area contributed by atoms with Crippen LogP contribution in [0.25, 0.3) is 17.0 Å². The van der Waals surface area contributed by atoms with Crippen LogP contribution in [0.2, 0.25) is 0 Å². The highest BCUT2D eigenvalue weighted by Gasteiger charge is 2.14. The van der Waals surface area contributed by atoms with E-state index in [1.165, 1.54) is 53.0 Å². The molecule has 0 aliphatic carbocycles. The van der Waals surface area contributed by atoms with E-state index in [4.69, 9.17) is 0 Å². The number of thioether (sulfide) groups is 1. The number of benzene rings is 2. The molecule has 0 fully saturated rings. The Hall–Kier alpha value is -3.53. The van der Waals surface area contributed by atoms with Crippen LogP contribution in [0.3, 0.4) is 0 Å². The first-order valence-electron chi connectivity index (χ1n) is 8.42. The Balaban J connectivity index is 1.60. The highest BCUT2D eigenvalue weighted by molar-refractivity contribution is 7.99. The van der Waals surface area contributed by atoms with Crippen molar-refractivity contribution < 1.29 is 13.6 Å². The number of anilines is 1. The summed E-state index contributed by atoms with van der Waals surface area (Å²) < 4.78 is 28.2. The van der Waals surface area contributed by atoms with Gasteiger partial charge in [-0.05, 0) is 36.4 Å². The third-order valence-electron chi connectivity index (χ3n) is 3.91. The molecule has 0 saturated heterocycles. The number of amides is 1. The maximum Gasteiger partial charge on any atom is 0.266 e. The Morgan fingerprint density at radius 3 is 2.62 bits per heavy atom. The summed E-state index contributed by atoms with van der Waals surface area (Å²) in [6.45, 7) is 0. The van der Waals surface area contributed by atoms with E-state index in [2.05, 4.69) is 20.4 Å². The van der Waals surface area contributed by atoms with Gasteiger partial charge in [0.1, 0.15) is 11.6 Å². The van der Waals surface area contributed by atoms with E-state index >= 15 is 0 Å². The molecule has 0 aliphatic rings. The van der Waals surface area contributed by atoms with Crippen molar-refractivity contribution in [2.75, 3.05) is 11.1 Å². The minimum absolute atomic E-state index is 0.0762. The van der Waals surface area contributed by atoms with Gasteiger partial charge >= 0.3 is 0 Å². The standard InChI is InChI=1S/C19H13F2N5O2S/c20-12-7-5-11(6-8-12)18-23-15-9-16(27)25-26(15)19(24-18)29-10-17(28)22-14-4-2-1-3-13(14)21/h1-9H,10H2,(H,22,28)(H,25,27). The Labute approximate surface area is 166 Å². The summed E-state index contributed by atoms with van der Waals surface area (Å²) in [6.07, 6.45) is 0. The molecule has 0 spiro atoms. The SMILES string of the molecule is O=C(CSc1nc(-c2ccc(F)cc2)nc2cc(=O)[nH]n12)Nc1ccccc1F. The molecule has 0 bridgehead atoms. The van der Waals surface area contributed by atoms with Crippen molar-refractivity contribution in [3.05, 3.63) is 76.6 Å². The molecular formula is C19H13F2N5O2S. The molecule has 2 N–H and O–H groups in total. The lowest BCUT2D eigenvalue weighted by Crippen LogP contribution is -2.16. The van der Waals surface area contributed by atoms with Crippen LogP contribution in [0.4, 0.5) is 14.5 Å². The van der Waals surface area contributed by atoms with Gasteiger partial charge in [-0.1, -0.05) is 23.9 Å². The predicted octanol–water partition coefficient (Wildman–Crippen LogP) is 3.09. The third-order valence-corrected chi connectivity index (χ3v) is 4.85. The van der Waals surface area contributed by atoms with Crippen LogP contribution in [0.15, 0.2) is 64.5 Å². The minimum atomic E-state index is -0.538. The number of aromatic nitrogens is 4. The van der Waals surface area contributed by atoms with Crippen LogP contribution in [-0.4, -0.2) is 31.2 Å². The van der Waals surface area contributed by atoms with E-state index < -0.39 is 17.5 Å². The van der Waals surface area contributed by atoms with Gasteiger partial charge in [0.25, 0.3) is 5.56 Å². The molecule has 1 amide bonds. The average Bonchev–Trinajstić information content (AvgIpc) is 3.08. The van der Waals surface area contributed by atoms with Gasteiger partial charge in [0.2, 0.25) is 5.91 Å². The fraction of sp³-hybridized carbons (Fsp3) is 0.0526. The van der Waals surface area contributed by atoms with Crippen LogP contribution in [0.5, 0.6) is 0 Å². The van der Waals surface area contributed by atoms with E-state index in [0.717, 1.165) is 11.8 Å². The van der Waals surface area contributed by atoms with Crippen molar-refractivity contribution in [2.24, 2.45) is 0 Å². The number of nitrogens with one attached hydrogen (secondary N) is 2. The van der Waals surface area contributed by atoms with Crippen molar-refractivity contribution in [1.29, 1.82) is 0 Å². The Morgan fingerprint density at radius 2 is 1.86 bits per heavy atom. The van der Waals surface area contributed by atoms with Crippen molar-refractivity contribution in [3.63, 3.8) is 0 Å². The second kappa shape index (κ2) is 7.84. The van der Waals surface area contributed by atoms with Gasteiger partial charge in [-0.25, -0.2) is 23.3 Å². The molecule has 4 rings (SSSR count). The number of H-pyrrole nitrogens is 1. The molecule has 0 unspecified atom stereocenters. The Morgan fingerprint density at radius 1 is 1.10 bits per heavy atom. The number of halogens is 2. The zero-order chi connectivity index (χ0) is 20.4. The number of para-hydroxylation sites is 1. The molecular weight excluding hydrogens is 400 g/mol.